The van der Waals surface area contributed by atoms with Gasteiger partial charge in [-0.05, 0) is 55.5 Å². The number of benzene rings is 3. The highest BCUT2D eigenvalue weighted by Crippen LogP contribution is 2.26. The largest absolute Gasteiger partial charge is 0.465 e. The summed E-state index contributed by atoms with van der Waals surface area (Å²) in [6.45, 7) is 1.92. The van der Waals surface area contributed by atoms with Gasteiger partial charge in [0, 0.05) is 11.4 Å². The number of rotatable bonds is 6. The lowest BCUT2D eigenvalue weighted by Gasteiger charge is -2.13. The number of methoxy groups -OCH3 is 2. The van der Waals surface area contributed by atoms with Crippen molar-refractivity contribution < 1.29 is 19.1 Å². The first-order chi connectivity index (χ1) is 14.0. The molecule has 0 aliphatic heterocycles. The Labute approximate surface area is 169 Å². The second kappa shape index (κ2) is 8.93. The minimum absolute atomic E-state index is 0.395. The Balaban J connectivity index is 1.79. The summed E-state index contributed by atoms with van der Waals surface area (Å²) < 4.78 is 9.69. The number of hydrogen-bond acceptors (Lipinski definition) is 6. The maximum atomic E-state index is 12.0. The number of carbonyl (C=O) groups is 2. The molecule has 0 radical (unpaired) electrons. The van der Waals surface area contributed by atoms with Gasteiger partial charge in [0.2, 0.25) is 0 Å². The van der Waals surface area contributed by atoms with Crippen molar-refractivity contribution in [1.29, 1.82) is 0 Å². The summed E-state index contributed by atoms with van der Waals surface area (Å²) in [6, 6.07) is 20.2. The van der Waals surface area contributed by atoms with Gasteiger partial charge in [0.1, 0.15) is 0 Å². The number of ether oxygens (including phenoxy) is 2. The van der Waals surface area contributed by atoms with Crippen molar-refractivity contribution in [3.8, 4) is 0 Å². The van der Waals surface area contributed by atoms with Gasteiger partial charge in [0.25, 0.3) is 0 Å². The van der Waals surface area contributed by atoms with Crippen LogP contribution in [0, 0.1) is 6.92 Å². The van der Waals surface area contributed by atoms with Gasteiger partial charge < -0.3 is 20.1 Å². The molecule has 0 aliphatic rings. The van der Waals surface area contributed by atoms with Crippen LogP contribution in [0.4, 0.5) is 22.7 Å². The van der Waals surface area contributed by atoms with E-state index >= 15 is 0 Å². The second-order valence-corrected chi connectivity index (χ2v) is 6.41. The average Bonchev–Trinajstić information content (AvgIpc) is 2.75. The number of nitrogens with one attached hydrogen (secondary N) is 2. The smallest absolute Gasteiger partial charge is 0.339 e. The predicted octanol–water partition coefficient (Wildman–Crippen LogP) is 5.06. The highest BCUT2D eigenvalue weighted by molar-refractivity contribution is 5.97. The molecular formula is C23H22N2O4. The predicted molar refractivity (Wildman–Crippen MR) is 113 cm³/mol. The standard InChI is InChI=1S/C23H22N2O4/c1-15-8-13-21(19(14-15)23(27)29-3)25-17-11-9-16(10-12-17)24-20-7-5-4-6-18(20)22(26)28-2/h4-14,24-25H,1-3H3. The van der Waals surface area contributed by atoms with E-state index in [4.69, 9.17) is 9.47 Å². The van der Waals surface area contributed by atoms with E-state index in [0.29, 0.717) is 22.5 Å². The average molecular weight is 390 g/mol. The van der Waals surface area contributed by atoms with E-state index in [2.05, 4.69) is 10.6 Å². The Bertz CT molecular complexity index is 1030. The molecule has 2 N–H and O–H groups in total. The third-order valence-corrected chi connectivity index (χ3v) is 4.36. The van der Waals surface area contributed by atoms with Gasteiger partial charge in [0.15, 0.2) is 0 Å². The van der Waals surface area contributed by atoms with Crippen LogP contribution in [-0.2, 0) is 9.47 Å². The fraction of sp³-hybridized carbons (Fsp3) is 0.130. The van der Waals surface area contributed by atoms with E-state index in [1.54, 1.807) is 18.2 Å². The van der Waals surface area contributed by atoms with Crippen molar-refractivity contribution in [3.63, 3.8) is 0 Å². The molecule has 29 heavy (non-hydrogen) atoms. The van der Waals surface area contributed by atoms with Gasteiger partial charge in [-0.3, -0.25) is 0 Å². The van der Waals surface area contributed by atoms with Crippen molar-refractivity contribution in [2.24, 2.45) is 0 Å². The zero-order chi connectivity index (χ0) is 20.8. The summed E-state index contributed by atoms with van der Waals surface area (Å²) in [5, 5.41) is 6.46. The normalized spacial score (nSPS) is 10.2. The van der Waals surface area contributed by atoms with E-state index < -0.39 is 11.9 Å². The summed E-state index contributed by atoms with van der Waals surface area (Å²) in [4.78, 5) is 23.9. The number of hydrogen-bond donors (Lipinski definition) is 2. The van der Waals surface area contributed by atoms with Crippen LogP contribution in [0.3, 0.4) is 0 Å². The highest BCUT2D eigenvalue weighted by atomic mass is 16.5. The van der Waals surface area contributed by atoms with Crippen LogP contribution in [0.25, 0.3) is 0 Å². The summed E-state index contributed by atoms with van der Waals surface area (Å²) in [5.74, 6) is -0.796. The van der Waals surface area contributed by atoms with Gasteiger partial charge in [-0.25, -0.2) is 9.59 Å². The molecule has 0 spiro atoms. The monoisotopic (exact) mass is 390 g/mol. The summed E-state index contributed by atoms with van der Waals surface area (Å²) in [7, 11) is 2.72. The maximum absolute atomic E-state index is 12.0. The lowest BCUT2D eigenvalue weighted by molar-refractivity contribution is 0.0593. The Morgan fingerprint density at radius 2 is 1.21 bits per heavy atom. The number of carbonyl (C=O) groups excluding carboxylic acids is 2. The first-order valence-corrected chi connectivity index (χ1v) is 9.02. The number of aryl methyl sites for hydroxylation is 1. The van der Waals surface area contributed by atoms with Crippen LogP contribution < -0.4 is 10.6 Å². The third-order valence-electron chi connectivity index (χ3n) is 4.36. The molecule has 0 amide bonds. The first kappa shape index (κ1) is 19.9. The quantitative estimate of drug-likeness (QED) is 0.573. The molecule has 0 saturated heterocycles. The topological polar surface area (TPSA) is 76.7 Å². The van der Waals surface area contributed by atoms with Gasteiger partial charge in [0.05, 0.1) is 36.7 Å². The van der Waals surface area contributed by atoms with E-state index in [1.807, 2.05) is 55.5 Å². The molecule has 0 saturated carbocycles. The van der Waals surface area contributed by atoms with Crippen molar-refractivity contribution in [2.75, 3.05) is 24.9 Å². The third kappa shape index (κ3) is 4.73. The molecule has 0 bridgehead atoms. The molecule has 6 heteroatoms. The van der Waals surface area contributed by atoms with Crippen molar-refractivity contribution in [1.82, 2.24) is 0 Å². The van der Waals surface area contributed by atoms with Gasteiger partial charge in [-0.1, -0.05) is 23.8 Å². The highest BCUT2D eigenvalue weighted by Gasteiger charge is 2.13. The van der Waals surface area contributed by atoms with E-state index in [0.717, 1.165) is 16.9 Å². The zero-order valence-electron chi connectivity index (χ0n) is 16.5. The Kier molecular flexibility index (Phi) is 6.14. The van der Waals surface area contributed by atoms with Crippen LogP contribution in [0.1, 0.15) is 26.3 Å². The molecule has 3 aromatic rings. The Hall–Kier alpha value is -3.80. The van der Waals surface area contributed by atoms with Crippen LogP contribution in [0.15, 0.2) is 66.7 Å². The fourth-order valence-electron chi connectivity index (χ4n) is 2.87. The van der Waals surface area contributed by atoms with Crippen LogP contribution in [0.5, 0.6) is 0 Å². The van der Waals surface area contributed by atoms with Gasteiger partial charge >= 0.3 is 11.9 Å². The van der Waals surface area contributed by atoms with Gasteiger partial charge in [-0.15, -0.1) is 0 Å². The molecule has 0 aliphatic carbocycles. The molecule has 0 atom stereocenters. The molecule has 0 aromatic heterocycles. The molecular weight excluding hydrogens is 368 g/mol. The Morgan fingerprint density at radius 3 is 1.79 bits per heavy atom. The van der Waals surface area contributed by atoms with Crippen LogP contribution >= 0.6 is 0 Å². The molecule has 6 nitrogen and oxygen atoms in total. The first-order valence-electron chi connectivity index (χ1n) is 9.02. The van der Waals surface area contributed by atoms with E-state index in [-0.39, 0.29) is 0 Å². The molecule has 0 fully saturated rings. The molecule has 3 rings (SSSR count). The summed E-state index contributed by atoms with van der Waals surface area (Å²) in [5.41, 5.74) is 4.85. The van der Waals surface area contributed by atoms with E-state index in [1.165, 1.54) is 14.2 Å². The maximum Gasteiger partial charge on any atom is 0.339 e. The van der Waals surface area contributed by atoms with Crippen LogP contribution in [0.2, 0.25) is 0 Å². The second-order valence-electron chi connectivity index (χ2n) is 6.41. The van der Waals surface area contributed by atoms with E-state index in [9.17, 15) is 9.59 Å². The SMILES string of the molecule is COC(=O)c1ccccc1Nc1ccc(Nc2ccc(C)cc2C(=O)OC)cc1. The Morgan fingerprint density at radius 1 is 0.690 bits per heavy atom. The summed E-state index contributed by atoms with van der Waals surface area (Å²) in [6.07, 6.45) is 0. The number of para-hydroxylation sites is 1. The lowest BCUT2D eigenvalue weighted by Crippen LogP contribution is -2.06. The number of esters is 2. The molecule has 3 aromatic carbocycles. The van der Waals surface area contributed by atoms with Crippen molar-refractivity contribution in [2.45, 2.75) is 6.92 Å². The zero-order valence-corrected chi connectivity index (χ0v) is 16.5. The molecule has 0 heterocycles. The number of anilines is 4. The summed E-state index contributed by atoms with van der Waals surface area (Å²) >= 11 is 0. The molecule has 0 unspecified atom stereocenters. The van der Waals surface area contributed by atoms with Crippen molar-refractivity contribution >= 4 is 34.7 Å². The minimum atomic E-state index is -0.402. The van der Waals surface area contributed by atoms with Crippen LogP contribution in [-0.4, -0.2) is 26.2 Å². The lowest BCUT2D eigenvalue weighted by atomic mass is 10.1. The fourth-order valence-corrected chi connectivity index (χ4v) is 2.87. The molecule has 148 valence electrons. The van der Waals surface area contributed by atoms with Gasteiger partial charge in [-0.2, -0.15) is 0 Å². The van der Waals surface area contributed by atoms with Crippen molar-refractivity contribution in [3.05, 3.63) is 83.4 Å². The minimum Gasteiger partial charge on any atom is -0.465 e.